The fourth-order valence-electron chi connectivity index (χ4n) is 3.32. The summed E-state index contributed by atoms with van der Waals surface area (Å²) in [6.07, 6.45) is 3.39. The lowest BCUT2D eigenvalue weighted by atomic mass is 9.87. The molecule has 0 spiro atoms. The van der Waals surface area contributed by atoms with Crippen LogP contribution in [-0.4, -0.2) is 43.9 Å². The maximum atomic E-state index is 12.6. The van der Waals surface area contributed by atoms with Crippen LogP contribution in [0.2, 0.25) is 0 Å². The first-order valence-electron chi connectivity index (χ1n) is 8.46. The Balaban J connectivity index is 1.74. The number of fused-ring (bicyclic) bond motifs is 1. The highest BCUT2D eigenvalue weighted by Crippen LogP contribution is 2.45. The number of allylic oxidation sites excluding steroid dienone is 2. The number of phenolic OH excluding ortho intramolecular Hbond substituents is 1. The molecule has 0 aliphatic carbocycles. The van der Waals surface area contributed by atoms with Gasteiger partial charge in [0, 0.05) is 12.2 Å². The third-order valence-corrected chi connectivity index (χ3v) is 6.06. The minimum atomic E-state index is -1.15. The maximum Gasteiger partial charge on any atom is 0.352 e. The van der Waals surface area contributed by atoms with Gasteiger partial charge in [0.2, 0.25) is 5.91 Å². The van der Waals surface area contributed by atoms with E-state index in [0.717, 1.165) is 0 Å². The number of ketones is 1. The molecule has 0 bridgehead atoms. The first-order chi connectivity index (χ1) is 12.8. The number of thioether (sulfide) groups is 1. The predicted molar refractivity (Wildman–Crippen MR) is 101 cm³/mol. The highest BCUT2D eigenvalue weighted by Gasteiger charge is 2.53. The molecule has 0 aromatic heterocycles. The molecular formula is C19H20N2O5S. The number of hydrogen-bond acceptors (Lipinski definition) is 6. The van der Waals surface area contributed by atoms with Crippen LogP contribution in [0.1, 0.15) is 24.9 Å². The van der Waals surface area contributed by atoms with Crippen molar-refractivity contribution >= 4 is 29.4 Å². The van der Waals surface area contributed by atoms with Gasteiger partial charge in [0.15, 0.2) is 5.78 Å². The van der Waals surface area contributed by atoms with Crippen molar-refractivity contribution < 1.29 is 24.6 Å². The molecule has 0 unspecified atom stereocenters. The van der Waals surface area contributed by atoms with E-state index in [-0.39, 0.29) is 34.9 Å². The van der Waals surface area contributed by atoms with Crippen LogP contribution in [0.4, 0.5) is 0 Å². The Morgan fingerprint density at radius 2 is 2.04 bits per heavy atom. The van der Waals surface area contributed by atoms with Gasteiger partial charge in [0.05, 0.1) is 17.3 Å². The number of hydrogen-bond donors (Lipinski definition) is 3. The van der Waals surface area contributed by atoms with Gasteiger partial charge in [-0.15, -0.1) is 11.8 Å². The second-order valence-electron chi connectivity index (χ2n) is 6.43. The van der Waals surface area contributed by atoms with E-state index in [1.165, 1.54) is 28.8 Å². The van der Waals surface area contributed by atoms with Gasteiger partial charge < -0.3 is 15.9 Å². The van der Waals surface area contributed by atoms with Gasteiger partial charge in [-0.25, -0.2) is 4.79 Å². The molecular weight excluding hydrogens is 368 g/mol. The largest absolute Gasteiger partial charge is 0.508 e. The number of carbonyl (C=O) groups excluding carboxylic acids is 2. The first-order valence-corrected chi connectivity index (χ1v) is 9.51. The van der Waals surface area contributed by atoms with E-state index in [1.54, 1.807) is 31.2 Å². The van der Waals surface area contributed by atoms with Crippen molar-refractivity contribution in [2.45, 2.75) is 24.8 Å². The molecule has 1 fully saturated rings. The number of phenols is 1. The zero-order valence-corrected chi connectivity index (χ0v) is 15.5. The van der Waals surface area contributed by atoms with Gasteiger partial charge in [-0.2, -0.15) is 0 Å². The summed E-state index contributed by atoms with van der Waals surface area (Å²) in [6.45, 7) is 1.79. The second-order valence-corrected chi connectivity index (χ2v) is 7.54. The summed E-state index contributed by atoms with van der Waals surface area (Å²) < 4.78 is 0. The topological polar surface area (TPSA) is 121 Å². The van der Waals surface area contributed by atoms with Crippen molar-refractivity contribution in [3.63, 3.8) is 0 Å². The lowest BCUT2D eigenvalue weighted by Gasteiger charge is -2.49. The van der Waals surface area contributed by atoms with Gasteiger partial charge in [0.1, 0.15) is 11.4 Å². The first kappa shape index (κ1) is 19.2. The van der Waals surface area contributed by atoms with E-state index >= 15 is 0 Å². The summed E-state index contributed by atoms with van der Waals surface area (Å²) in [5.74, 6) is -1.83. The minimum absolute atomic E-state index is 0.00613. The third kappa shape index (κ3) is 3.50. The van der Waals surface area contributed by atoms with Gasteiger partial charge >= 0.3 is 5.97 Å². The molecule has 27 heavy (non-hydrogen) atoms. The molecule has 2 aliphatic rings. The molecule has 1 amide bonds. The summed E-state index contributed by atoms with van der Waals surface area (Å²) in [5, 5.41) is 18.5. The third-order valence-electron chi connectivity index (χ3n) is 4.70. The number of β-lactam (4-membered cyclic amide) rings is 1. The van der Waals surface area contributed by atoms with Gasteiger partial charge in [-0.1, -0.05) is 24.3 Å². The lowest BCUT2D eigenvalue weighted by molar-refractivity contribution is -0.154. The van der Waals surface area contributed by atoms with Crippen molar-refractivity contribution in [1.82, 2.24) is 4.90 Å². The van der Waals surface area contributed by atoms with Gasteiger partial charge in [0.25, 0.3) is 0 Å². The number of aromatic hydroxyl groups is 1. The Morgan fingerprint density at radius 3 is 2.63 bits per heavy atom. The maximum absolute atomic E-state index is 12.6. The van der Waals surface area contributed by atoms with Crippen LogP contribution < -0.4 is 5.73 Å². The molecule has 7 nitrogen and oxygen atoms in total. The van der Waals surface area contributed by atoms with Crippen LogP contribution in [0, 0.1) is 5.92 Å². The molecule has 2 heterocycles. The van der Waals surface area contributed by atoms with E-state index in [0.29, 0.717) is 16.9 Å². The number of carbonyl (C=O) groups is 3. The number of nitrogens with two attached hydrogens (primary N) is 1. The van der Waals surface area contributed by atoms with Crippen molar-refractivity contribution in [3.8, 4) is 5.75 Å². The van der Waals surface area contributed by atoms with Gasteiger partial charge in [-0.3, -0.25) is 14.5 Å². The van der Waals surface area contributed by atoms with E-state index in [4.69, 9.17) is 5.73 Å². The molecule has 1 aromatic rings. The Bertz CT molecular complexity index is 846. The van der Waals surface area contributed by atoms with E-state index in [9.17, 15) is 24.6 Å². The highest BCUT2D eigenvalue weighted by molar-refractivity contribution is 8.00. The smallest absolute Gasteiger partial charge is 0.352 e. The number of benzene rings is 1. The van der Waals surface area contributed by atoms with Crippen molar-refractivity contribution in [1.29, 1.82) is 0 Å². The summed E-state index contributed by atoms with van der Waals surface area (Å²) in [7, 11) is 0. The molecule has 142 valence electrons. The number of carboxylic acids is 1. The van der Waals surface area contributed by atoms with Crippen LogP contribution >= 0.6 is 11.8 Å². The molecule has 8 heteroatoms. The minimum Gasteiger partial charge on any atom is -0.508 e. The molecule has 3 atom stereocenters. The Labute approximate surface area is 160 Å². The average Bonchev–Trinajstić information content (AvgIpc) is 2.65. The molecule has 0 saturated carbocycles. The summed E-state index contributed by atoms with van der Waals surface area (Å²) >= 11 is 1.45. The number of rotatable bonds is 6. The number of carboxylic acid groups (broad SMARTS) is 1. The quantitative estimate of drug-likeness (QED) is 0.635. The monoisotopic (exact) mass is 388 g/mol. The zero-order valence-electron chi connectivity index (χ0n) is 14.7. The second kappa shape index (κ2) is 7.58. The number of Topliss-reactive ketones (excluding diaryl/α,β-unsaturated/α-hetero) is 1. The fraction of sp³-hybridized carbons (Fsp3) is 0.316. The molecule has 2 aliphatic heterocycles. The molecule has 3 rings (SSSR count). The highest BCUT2D eigenvalue weighted by atomic mass is 32.2. The summed E-state index contributed by atoms with van der Waals surface area (Å²) in [4.78, 5) is 38.0. The molecule has 0 radical (unpaired) electrons. The van der Waals surface area contributed by atoms with E-state index < -0.39 is 17.9 Å². The van der Waals surface area contributed by atoms with Gasteiger partial charge in [-0.05, 0) is 30.2 Å². The number of nitrogens with zero attached hydrogens (tertiary/aromatic N) is 1. The van der Waals surface area contributed by atoms with Crippen LogP contribution in [-0.2, 0) is 14.4 Å². The van der Waals surface area contributed by atoms with Crippen LogP contribution in [0.15, 0.2) is 47.7 Å². The Kier molecular flexibility index (Phi) is 5.38. The normalized spacial score (nSPS) is 23.2. The van der Waals surface area contributed by atoms with Crippen molar-refractivity contribution in [2.24, 2.45) is 11.7 Å². The number of aliphatic carboxylic acids is 1. The SMILES string of the molecule is C/C=C/C1=C(C(=O)O)N2C(=O)[C@@H](CC(=O)[C@H](N)c3ccc(O)cc3)[C@@H]2SC1. The molecule has 4 N–H and O–H groups in total. The van der Waals surface area contributed by atoms with Crippen LogP contribution in [0.3, 0.4) is 0 Å². The summed E-state index contributed by atoms with van der Waals surface area (Å²) in [5.41, 5.74) is 7.13. The zero-order chi connectivity index (χ0) is 19.7. The predicted octanol–water partition coefficient (Wildman–Crippen LogP) is 1.80. The Hall–Kier alpha value is -2.58. The van der Waals surface area contributed by atoms with Crippen molar-refractivity contribution in [3.05, 3.63) is 53.3 Å². The van der Waals surface area contributed by atoms with E-state index in [1.807, 2.05) is 0 Å². The van der Waals surface area contributed by atoms with Crippen molar-refractivity contribution in [2.75, 3.05) is 5.75 Å². The molecule has 1 aromatic carbocycles. The molecule has 1 saturated heterocycles. The van der Waals surface area contributed by atoms with E-state index in [2.05, 4.69) is 0 Å². The number of amides is 1. The fourth-order valence-corrected chi connectivity index (χ4v) is 4.70. The van der Waals surface area contributed by atoms with Crippen LogP contribution in [0.25, 0.3) is 0 Å². The Morgan fingerprint density at radius 1 is 1.37 bits per heavy atom. The standard InChI is InChI=1S/C19H20N2O5S/c1-2-3-11-9-27-18-13(17(24)21(18)16(11)19(25)26)8-14(23)15(20)10-4-6-12(22)7-5-10/h2-7,13,15,18,22H,8-9,20H2,1H3,(H,25,26)/b3-2+/t13-,15-,18+/m1/s1. The average molecular weight is 388 g/mol. The van der Waals surface area contributed by atoms with Crippen LogP contribution in [0.5, 0.6) is 5.75 Å². The lowest BCUT2D eigenvalue weighted by Crippen LogP contribution is -2.62. The summed E-state index contributed by atoms with van der Waals surface area (Å²) in [6, 6.07) is 5.13.